The zero-order chi connectivity index (χ0) is 17.0. The molecule has 0 heterocycles. The van der Waals surface area contributed by atoms with Crippen LogP contribution >= 0.6 is 0 Å². The van der Waals surface area contributed by atoms with Crippen molar-refractivity contribution in [1.82, 2.24) is 0 Å². The second-order valence-corrected chi connectivity index (χ2v) is 6.99. The highest BCUT2D eigenvalue weighted by Gasteiger charge is 2.21. The number of sulfonamides is 1. The summed E-state index contributed by atoms with van der Waals surface area (Å²) in [7, 11) is -3.82. The molecular weight excluding hydrogens is 317 g/mol. The maximum atomic E-state index is 12.9. The van der Waals surface area contributed by atoms with Gasteiger partial charge in [0.2, 0.25) is 0 Å². The lowest BCUT2D eigenvalue weighted by molar-refractivity contribution is 0.309. The van der Waals surface area contributed by atoms with Crippen LogP contribution in [0.2, 0.25) is 0 Å². The van der Waals surface area contributed by atoms with Gasteiger partial charge in [0.1, 0.15) is 16.5 Å². The first kappa shape index (κ1) is 17.3. The van der Waals surface area contributed by atoms with Crippen LogP contribution in [0, 0.1) is 19.7 Å². The Morgan fingerprint density at radius 2 is 1.70 bits per heavy atom. The Morgan fingerprint density at radius 3 is 2.30 bits per heavy atom. The summed E-state index contributed by atoms with van der Waals surface area (Å²) in [4.78, 5) is 0.0818. The largest absolute Gasteiger partial charge is 0.492 e. The van der Waals surface area contributed by atoms with Gasteiger partial charge in [-0.3, -0.25) is 4.72 Å². The predicted octanol–water partition coefficient (Wildman–Crippen LogP) is 4.03. The fourth-order valence-electron chi connectivity index (χ4n) is 2.03. The number of aryl methyl sites for hydroxylation is 2. The Labute approximate surface area is 136 Å². The van der Waals surface area contributed by atoms with E-state index < -0.39 is 15.8 Å². The number of nitrogens with one attached hydrogen (secondary N) is 1. The topological polar surface area (TPSA) is 55.4 Å². The molecule has 4 nitrogen and oxygen atoms in total. The van der Waals surface area contributed by atoms with E-state index in [4.69, 9.17) is 4.74 Å². The number of rotatable bonds is 6. The molecule has 0 saturated carbocycles. The van der Waals surface area contributed by atoms with Crippen LogP contribution in [0.4, 0.5) is 10.1 Å². The molecule has 0 aliphatic rings. The van der Waals surface area contributed by atoms with Crippen molar-refractivity contribution in [2.75, 3.05) is 11.3 Å². The number of benzene rings is 2. The fraction of sp³-hybridized carbons (Fsp3) is 0.294. The maximum Gasteiger partial charge on any atom is 0.265 e. The minimum absolute atomic E-state index is 0.0818. The van der Waals surface area contributed by atoms with E-state index in [0.717, 1.165) is 17.5 Å². The molecule has 0 atom stereocenters. The molecule has 0 aliphatic carbocycles. The monoisotopic (exact) mass is 337 g/mol. The van der Waals surface area contributed by atoms with Crippen LogP contribution < -0.4 is 9.46 Å². The predicted molar refractivity (Wildman–Crippen MR) is 88.9 cm³/mol. The summed E-state index contributed by atoms with van der Waals surface area (Å²) < 4.78 is 46.3. The summed E-state index contributed by atoms with van der Waals surface area (Å²) in [5, 5.41) is 0. The minimum atomic E-state index is -3.82. The third kappa shape index (κ3) is 4.22. The summed E-state index contributed by atoms with van der Waals surface area (Å²) >= 11 is 0. The zero-order valence-corrected chi connectivity index (χ0v) is 14.2. The van der Waals surface area contributed by atoms with Crippen LogP contribution in [0.15, 0.2) is 41.3 Å². The number of ether oxygens (including phenoxy) is 1. The zero-order valence-electron chi connectivity index (χ0n) is 13.4. The average molecular weight is 337 g/mol. The maximum absolute atomic E-state index is 12.9. The van der Waals surface area contributed by atoms with Gasteiger partial charge in [0.05, 0.1) is 6.61 Å². The third-order valence-corrected chi connectivity index (χ3v) is 4.81. The van der Waals surface area contributed by atoms with Crippen LogP contribution in [0.3, 0.4) is 0 Å². The summed E-state index contributed by atoms with van der Waals surface area (Å²) in [6.07, 6.45) is 0.776. The number of hydrogen-bond donors (Lipinski definition) is 1. The van der Waals surface area contributed by atoms with E-state index in [9.17, 15) is 12.8 Å². The Hall–Kier alpha value is -2.08. The summed E-state index contributed by atoms with van der Waals surface area (Å²) in [6, 6.07) is 8.47. The van der Waals surface area contributed by atoms with E-state index in [0.29, 0.717) is 18.0 Å². The van der Waals surface area contributed by atoms with Gasteiger partial charge >= 0.3 is 0 Å². The van der Waals surface area contributed by atoms with Crippen molar-refractivity contribution in [3.8, 4) is 5.75 Å². The molecule has 23 heavy (non-hydrogen) atoms. The normalized spacial score (nSPS) is 11.3. The first-order valence-corrected chi connectivity index (χ1v) is 8.84. The van der Waals surface area contributed by atoms with Crippen LogP contribution in [-0.2, 0) is 10.0 Å². The van der Waals surface area contributed by atoms with Crippen molar-refractivity contribution in [2.45, 2.75) is 32.1 Å². The van der Waals surface area contributed by atoms with Crippen LogP contribution in [0.25, 0.3) is 0 Å². The molecule has 0 radical (unpaired) electrons. The van der Waals surface area contributed by atoms with E-state index >= 15 is 0 Å². The van der Waals surface area contributed by atoms with E-state index in [1.165, 1.54) is 24.3 Å². The van der Waals surface area contributed by atoms with Gasteiger partial charge in [-0.15, -0.1) is 0 Å². The van der Waals surface area contributed by atoms with Gasteiger partial charge in [-0.1, -0.05) is 6.92 Å². The molecule has 0 bridgehead atoms. The molecule has 0 fully saturated rings. The van der Waals surface area contributed by atoms with Crippen molar-refractivity contribution in [3.05, 3.63) is 53.3 Å². The second-order valence-electron chi connectivity index (χ2n) is 5.34. The van der Waals surface area contributed by atoms with E-state index in [-0.39, 0.29) is 4.90 Å². The van der Waals surface area contributed by atoms with E-state index in [1.807, 2.05) is 20.8 Å². The summed E-state index contributed by atoms with van der Waals surface area (Å²) in [5.74, 6) is -0.101. The molecule has 6 heteroatoms. The van der Waals surface area contributed by atoms with Crippen molar-refractivity contribution in [3.63, 3.8) is 0 Å². The highest BCUT2D eigenvalue weighted by atomic mass is 32.2. The van der Waals surface area contributed by atoms with Crippen molar-refractivity contribution in [1.29, 1.82) is 0 Å². The highest BCUT2D eigenvalue weighted by molar-refractivity contribution is 7.92. The van der Waals surface area contributed by atoms with Gasteiger partial charge in [0.25, 0.3) is 10.0 Å². The number of hydrogen-bond acceptors (Lipinski definition) is 3. The summed E-state index contributed by atoms with van der Waals surface area (Å²) in [5.41, 5.74) is 2.11. The van der Waals surface area contributed by atoms with Gasteiger partial charge in [-0.25, -0.2) is 12.8 Å². The molecule has 0 spiro atoms. The Kier molecular flexibility index (Phi) is 5.26. The molecule has 0 amide bonds. The molecule has 2 aromatic carbocycles. The average Bonchev–Trinajstić information content (AvgIpc) is 2.50. The van der Waals surface area contributed by atoms with Gasteiger partial charge in [0.15, 0.2) is 0 Å². The molecule has 124 valence electrons. The fourth-order valence-corrected chi connectivity index (χ4v) is 3.30. The van der Waals surface area contributed by atoms with E-state index in [2.05, 4.69) is 4.72 Å². The first-order valence-electron chi connectivity index (χ1n) is 7.36. The molecule has 0 unspecified atom stereocenters. The molecule has 2 rings (SSSR count). The standard InChI is InChI=1S/C17H20FNO3S/c1-4-9-22-16-10-12(2)13(3)11-17(16)23(20,21)19-15-7-5-14(18)6-8-15/h5-8,10-11,19H,4,9H2,1-3H3. The lowest BCUT2D eigenvalue weighted by Crippen LogP contribution is -2.15. The Balaban J connectivity index is 2.41. The molecule has 0 aromatic heterocycles. The smallest absolute Gasteiger partial charge is 0.265 e. The first-order chi connectivity index (χ1) is 10.8. The molecule has 1 N–H and O–H groups in total. The molecule has 0 saturated heterocycles. The summed E-state index contributed by atoms with van der Waals surface area (Å²) in [6.45, 7) is 6.13. The van der Waals surface area contributed by atoms with Gasteiger partial charge in [-0.05, 0) is 67.8 Å². The molecule has 2 aromatic rings. The minimum Gasteiger partial charge on any atom is -0.492 e. The highest BCUT2D eigenvalue weighted by Crippen LogP contribution is 2.29. The van der Waals surface area contributed by atoms with Gasteiger partial charge in [0, 0.05) is 5.69 Å². The van der Waals surface area contributed by atoms with Crippen LogP contribution in [0.5, 0.6) is 5.75 Å². The lowest BCUT2D eigenvalue weighted by Gasteiger charge is -2.15. The van der Waals surface area contributed by atoms with Crippen molar-refractivity contribution in [2.24, 2.45) is 0 Å². The van der Waals surface area contributed by atoms with E-state index in [1.54, 1.807) is 12.1 Å². The van der Waals surface area contributed by atoms with Crippen LogP contribution in [0.1, 0.15) is 24.5 Å². The Bertz CT molecular complexity index is 786. The third-order valence-electron chi connectivity index (χ3n) is 3.41. The quantitative estimate of drug-likeness (QED) is 0.866. The Morgan fingerprint density at radius 1 is 1.09 bits per heavy atom. The second kappa shape index (κ2) is 7.00. The lowest BCUT2D eigenvalue weighted by atomic mass is 10.1. The number of halogens is 1. The van der Waals surface area contributed by atoms with Crippen LogP contribution in [-0.4, -0.2) is 15.0 Å². The molecule has 0 aliphatic heterocycles. The molecular formula is C17H20FNO3S. The SMILES string of the molecule is CCCOc1cc(C)c(C)cc1S(=O)(=O)Nc1ccc(F)cc1. The van der Waals surface area contributed by atoms with Crippen molar-refractivity contribution < 1.29 is 17.5 Å². The number of anilines is 1. The van der Waals surface area contributed by atoms with Gasteiger partial charge < -0.3 is 4.74 Å². The van der Waals surface area contributed by atoms with Gasteiger partial charge in [-0.2, -0.15) is 0 Å². The van der Waals surface area contributed by atoms with Crippen molar-refractivity contribution >= 4 is 15.7 Å².